The first-order valence-electron chi connectivity index (χ1n) is 14.2. The molecule has 206 valence electrons. The van der Waals surface area contributed by atoms with Gasteiger partial charge in [-0.2, -0.15) is 9.97 Å². The van der Waals surface area contributed by atoms with Crippen LogP contribution in [0, 0.1) is 5.41 Å². The van der Waals surface area contributed by atoms with Gasteiger partial charge in [-0.15, -0.1) is 0 Å². The van der Waals surface area contributed by atoms with E-state index in [2.05, 4.69) is 56.1 Å². The summed E-state index contributed by atoms with van der Waals surface area (Å²) in [4.78, 5) is 17.3. The number of piperazine rings is 1. The molecule has 8 nitrogen and oxygen atoms in total. The van der Waals surface area contributed by atoms with Crippen LogP contribution in [0.3, 0.4) is 0 Å². The van der Waals surface area contributed by atoms with Gasteiger partial charge in [0.2, 0.25) is 0 Å². The third-order valence-corrected chi connectivity index (χ3v) is 9.65. The lowest BCUT2D eigenvalue weighted by molar-refractivity contribution is 0.182. The number of hydrogen-bond acceptors (Lipinski definition) is 8. The van der Waals surface area contributed by atoms with Crippen LogP contribution in [0.4, 0.5) is 11.5 Å². The molecule has 1 aliphatic carbocycles. The summed E-state index contributed by atoms with van der Waals surface area (Å²) in [5.74, 6) is 1.35. The monoisotopic (exact) mass is 592 g/mol. The summed E-state index contributed by atoms with van der Waals surface area (Å²) in [5, 5.41) is 16.4. The average molecular weight is 594 g/mol. The van der Waals surface area contributed by atoms with Crippen LogP contribution in [0.2, 0.25) is 0 Å². The second-order valence-corrected chi connectivity index (χ2v) is 13.1. The Bertz CT molecular complexity index is 1400. The minimum Gasteiger partial charge on any atom is -0.508 e. The fourth-order valence-corrected chi connectivity index (χ4v) is 7.46. The largest absolute Gasteiger partial charge is 0.508 e. The van der Waals surface area contributed by atoms with Crippen molar-refractivity contribution in [3.63, 3.8) is 0 Å². The second-order valence-electron chi connectivity index (χ2n) is 12.2. The Hall–Kier alpha value is -2.62. The number of piperidine rings is 2. The van der Waals surface area contributed by atoms with Crippen molar-refractivity contribution in [3.05, 3.63) is 46.1 Å². The van der Waals surface area contributed by atoms with E-state index in [1.54, 1.807) is 0 Å². The van der Waals surface area contributed by atoms with Crippen molar-refractivity contribution in [1.29, 1.82) is 0 Å². The van der Waals surface area contributed by atoms with E-state index in [1.165, 1.54) is 31.2 Å². The van der Waals surface area contributed by atoms with Gasteiger partial charge in [-0.25, -0.2) is 0 Å². The average Bonchev–Trinajstić information content (AvgIpc) is 3.70. The molecular formula is C30H37BrN6O2. The Morgan fingerprint density at radius 1 is 1.21 bits per heavy atom. The van der Waals surface area contributed by atoms with E-state index in [0.717, 1.165) is 65.0 Å². The van der Waals surface area contributed by atoms with Crippen LogP contribution in [-0.4, -0.2) is 78.9 Å². The first kappa shape index (κ1) is 25.4. The number of fused-ring (bicyclic) bond motifs is 5. The number of rotatable bonds is 7. The standard InChI is InChI=1S/C30H37BrN6O2/c1-35(2)17-30(9-10-30)18-39-29-33-25-16-36(26-13-22(38)12-19-4-3-5-24(31)27(19)26)11-8-23(25)28(34-29)37-15-20-6-7-21(37)14-32-20/h3-5,12-13,20-21,32,38H,6-11,14-18H2,1-2H3/t20-,21-/m0/s1. The van der Waals surface area contributed by atoms with E-state index in [9.17, 15) is 5.11 Å². The van der Waals surface area contributed by atoms with Crippen molar-refractivity contribution in [2.45, 2.75) is 50.7 Å². The molecule has 3 saturated heterocycles. The molecule has 2 N–H and O–H groups in total. The smallest absolute Gasteiger partial charge is 0.318 e. The fourth-order valence-electron chi connectivity index (χ4n) is 6.87. The summed E-state index contributed by atoms with van der Waals surface area (Å²) in [6, 6.07) is 11.3. The molecule has 0 spiro atoms. The highest BCUT2D eigenvalue weighted by molar-refractivity contribution is 9.10. The third kappa shape index (κ3) is 4.83. The number of aromatic hydroxyl groups is 1. The van der Waals surface area contributed by atoms with Crippen molar-refractivity contribution in [2.24, 2.45) is 5.41 Å². The van der Waals surface area contributed by atoms with Crippen LogP contribution >= 0.6 is 15.9 Å². The van der Waals surface area contributed by atoms with Crippen molar-refractivity contribution in [2.75, 3.05) is 56.7 Å². The number of nitrogens with one attached hydrogen (secondary N) is 1. The zero-order chi connectivity index (χ0) is 26.7. The van der Waals surface area contributed by atoms with Crippen molar-refractivity contribution in [1.82, 2.24) is 20.2 Å². The minimum absolute atomic E-state index is 0.218. The van der Waals surface area contributed by atoms with Crippen LogP contribution in [0.15, 0.2) is 34.8 Å². The highest BCUT2D eigenvalue weighted by atomic mass is 79.9. The van der Waals surface area contributed by atoms with Gasteiger partial charge >= 0.3 is 6.01 Å². The normalized spacial score (nSPS) is 23.4. The van der Waals surface area contributed by atoms with Crippen molar-refractivity contribution < 1.29 is 9.84 Å². The highest BCUT2D eigenvalue weighted by Gasteiger charge is 2.44. The van der Waals surface area contributed by atoms with Gasteiger partial charge in [-0.3, -0.25) is 0 Å². The molecule has 0 radical (unpaired) electrons. The molecule has 3 aromatic rings. The van der Waals surface area contributed by atoms with Gasteiger partial charge in [0, 0.05) is 70.9 Å². The number of benzene rings is 2. The molecule has 0 amide bonds. The van der Waals surface area contributed by atoms with E-state index in [0.29, 0.717) is 31.2 Å². The fraction of sp³-hybridized carbons (Fsp3) is 0.533. The first-order chi connectivity index (χ1) is 18.9. The van der Waals surface area contributed by atoms with E-state index in [1.807, 2.05) is 24.3 Å². The number of phenolic OH excluding ortho intramolecular Hbond substituents is 1. The predicted molar refractivity (Wildman–Crippen MR) is 158 cm³/mol. The maximum absolute atomic E-state index is 10.6. The van der Waals surface area contributed by atoms with Gasteiger partial charge < -0.3 is 29.9 Å². The van der Waals surface area contributed by atoms with Crippen LogP contribution < -0.4 is 19.9 Å². The third-order valence-electron chi connectivity index (χ3n) is 8.99. The van der Waals surface area contributed by atoms with Gasteiger partial charge in [-0.05, 0) is 63.7 Å². The number of hydrogen-bond donors (Lipinski definition) is 2. The minimum atomic E-state index is 0.218. The number of halogens is 1. The van der Waals surface area contributed by atoms with Crippen molar-refractivity contribution in [3.8, 4) is 11.8 Å². The number of phenols is 1. The summed E-state index contributed by atoms with van der Waals surface area (Å²) in [7, 11) is 4.26. The molecule has 2 bridgehead atoms. The Kier molecular flexibility index (Phi) is 6.36. The maximum Gasteiger partial charge on any atom is 0.318 e. The molecule has 8 rings (SSSR count). The lowest BCUT2D eigenvalue weighted by Gasteiger charge is -2.47. The Morgan fingerprint density at radius 3 is 2.79 bits per heavy atom. The van der Waals surface area contributed by atoms with Gasteiger partial charge in [0.25, 0.3) is 0 Å². The van der Waals surface area contributed by atoms with Gasteiger partial charge in [-0.1, -0.05) is 28.1 Å². The van der Waals surface area contributed by atoms with Crippen LogP contribution in [-0.2, 0) is 13.0 Å². The number of nitrogens with zero attached hydrogens (tertiary/aromatic N) is 5. The lowest BCUT2D eigenvalue weighted by Crippen LogP contribution is -2.61. The van der Waals surface area contributed by atoms with E-state index >= 15 is 0 Å². The van der Waals surface area contributed by atoms with Crippen molar-refractivity contribution >= 4 is 38.2 Å². The predicted octanol–water partition coefficient (Wildman–Crippen LogP) is 4.32. The molecule has 4 aliphatic heterocycles. The summed E-state index contributed by atoms with van der Waals surface area (Å²) in [6.07, 6.45) is 5.68. The lowest BCUT2D eigenvalue weighted by atomic mass is 9.92. The van der Waals surface area contributed by atoms with Crippen LogP contribution in [0.5, 0.6) is 11.8 Å². The van der Waals surface area contributed by atoms with Gasteiger partial charge in [0.1, 0.15) is 11.6 Å². The topological polar surface area (TPSA) is 77.0 Å². The molecular weight excluding hydrogens is 556 g/mol. The summed E-state index contributed by atoms with van der Waals surface area (Å²) >= 11 is 3.76. The zero-order valence-corrected chi connectivity index (χ0v) is 24.4. The number of ether oxygens (including phenoxy) is 1. The molecule has 4 fully saturated rings. The van der Waals surface area contributed by atoms with Crippen LogP contribution in [0.25, 0.3) is 10.8 Å². The highest BCUT2D eigenvalue weighted by Crippen LogP contribution is 2.46. The SMILES string of the molecule is CN(C)CC1(COc2nc3c(c(N4C[C@@H]5CC[C@H]4CN5)n2)CCN(c2cc(O)cc4cccc(Br)c24)C3)CC1. The zero-order valence-electron chi connectivity index (χ0n) is 22.8. The molecule has 2 aromatic carbocycles. The summed E-state index contributed by atoms with van der Waals surface area (Å²) in [6.45, 7) is 5.19. The maximum atomic E-state index is 10.6. The summed E-state index contributed by atoms with van der Waals surface area (Å²) in [5.41, 5.74) is 3.53. The Balaban J connectivity index is 1.25. The van der Waals surface area contributed by atoms with Gasteiger partial charge in [0.05, 0.1) is 18.8 Å². The molecule has 5 aliphatic rings. The molecule has 1 saturated carbocycles. The molecule has 0 unspecified atom stereocenters. The quantitative estimate of drug-likeness (QED) is 0.420. The second kappa shape index (κ2) is 9.78. The van der Waals surface area contributed by atoms with E-state index in [-0.39, 0.29) is 11.2 Å². The molecule has 2 atom stereocenters. The van der Waals surface area contributed by atoms with E-state index in [4.69, 9.17) is 14.7 Å². The number of anilines is 2. The van der Waals surface area contributed by atoms with Crippen LogP contribution in [0.1, 0.15) is 36.9 Å². The Labute approximate surface area is 238 Å². The molecule has 5 heterocycles. The van der Waals surface area contributed by atoms with Gasteiger partial charge in [0.15, 0.2) is 0 Å². The molecule has 1 aromatic heterocycles. The molecule has 9 heteroatoms. The Morgan fingerprint density at radius 2 is 2.08 bits per heavy atom. The van der Waals surface area contributed by atoms with E-state index < -0.39 is 0 Å². The summed E-state index contributed by atoms with van der Waals surface area (Å²) < 4.78 is 7.43. The first-order valence-corrected chi connectivity index (χ1v) is 15.0. The molecule has 39 heavy (non-hydrogen) atoms. The number of aromatic nitrogens is 2.